The molecule has 2 aliphatic rings. The molecular formula is C25H29F2N3O5. The smallest absolute Gasteiger partial charge is 0.328 e. The zero-order valence-electron chi connectivity index (χ0n) is 19.9. The van der Waals surface area contributed by atoms with Crippen LogP contribution in [0.4, 0.5) is 8.78 Å². The second-order valence-electron chi connectivity index (χ2n) is 8.86. The first-order valence-electron chi connectivity index (χ1n) is 11.7. The third-order valence-corrected chi connectivity index (χ3v) is 6.69. The molecule has 2 aromatic rings. The summed E-state index contributed by atoms with van der Waals surface area (Å²) in [5.74, 6) is -1.96. The van der Waals surface area contributed by atoms with Gasteiger partial charge in [-0.15, -0.1) is 0 Å². The lowest BCUT2D eigenvalue weighted by atomic mass is 9.99. The van der Waals surface area contributed by atoms with Crippen molar-refractivity contribution in [2.45, 2.75) is 44.8 Å². The van der Waals surface area contributed by atoms with Crippen LogP contribution < -0.4 is 10.3 Å². The Morgan fingerprint density at radius 1 is 1.00 bits per heavy atom. The normalized spacial score (nSPS) is 18.5. The summed E-state index contributed by atoms with van der Waals surface area (Å²) < 4.78 is 39.2. The lowest BCUT2D eigenvalue weighted by Crippen LogP contribution is -2.49. The molecule has 3 heterocycles. The Kier molecular flexibility index (Phi) is 7.49. The minimum atomic E-state index is -0.691. The molecule has 1 amide bonds. The van der Waals surface area contributed by atoms with E-state index in [0.29, 0.717) is 56.8 Å². The highest BCUT2D eigenvalue weighted by Gasteiger charge is 2.36. The van der Waals surface area contributed by atoms with Crippen molar-refractivity contribution < 1.29 is 27.8 Å². The minimum absolute atomic E-state index is 0.168. The Morgan fingerprint density at radius 3 is 2.43 bits per heavy atom. The first kappa shape index (κ1) is 24.8. The van der Waals surface area contributed by atoms with Crippen molar-refractivity contribution in [2.75, 3.05) is 33.9 Å². The standard InChI is InChI=1S/C25H29F2N3O5/c1-34-21-14-22(31)29-10-9-28(15-16-11-17(26)13-18(27)12-16)8-6-19(29)23(21)24(32)30-7-4-3-5-20(30)25(33)35-2/h11-14,20H,3-10,15H2,1-2H3/t20-/m0/s1. The van der Waals surface area contributed by atoms with Crippen molar-refractivity contribution in [3.63, 3.8) is 0 Å². The number of rotatable bonds is 5. The van der Waals surface area contributed by atoms with E-state index in [2.05, 4.69) is 0 Å². The Labute approximate surface area is 202 Å². The van der Waals surface area contributed by atoms with Gasteiger partial charge in [-0.2, -0.15) is 0 Å². The molecule has 1 atom stereocenters. The summed E-state index contributed by atoms with van der Waals surface area (Å²) in [5.41, 5.74) is 0.988. The summed E-state index contributed by atoms with van der Waals surface area (Å²) in [6, 6.07) is 4.01. The number of esters is 1. The van der Waals surface area contributed by atoms with Crippen molar-refractivity contribution >= 4 is 11.9 Å². The second-order valence-corrected chi connectivity index (χ2v) is 8.86. The Morgan fingerprint density at radius 2 is 1.74 bits per heavy atom. The highest BCUT2D eigenvalue weighted by molar-refractivity contribution is 6.00. The van der Waals surface area contributed by atoms with Crippen LogP contribution >= 0.6 is 0 Å². The van der Waals surface area contributed by atoms with E-state index in [1.54, 1.807) is 4.57 Å². The minimum Gasteiger partial charge on any atom is -0.496 e. The molecule has 1 aromatic heterocycles. The number of piperidine rings is 1. The van der Waals surface area contributed by atoms with Gasteiger partial charge >= 0.3 is 5.97 Å². The van der Waals surface area contributed by atoms with Gasteiger partial charge in [-0.25, -0.2) is 13.6 Å². The van der Waals surface area contributed by atoms with Crippen molar-refractivity contribution in [3.8, 4) is 5.75 Å². The molecule has 2 aliphatic heterocycles. The molecule has 188 valence electrons. The lowest BCUT2D eigenvalue weighted by molar-refractivity contribution is -0.147. The highest BCUT2D eigenvalue weighted by Crippen LogP contribution is 2.28. The summed E-state index contributed by atoms with van der Waals surface area (Å²) in [7, 11) is 2.70. The van der Waals surface area contributed by atoms with E-state index in [-0.39, 0.29) is 22.8 Å². The van der Waals surface area contributed by atoms with Gasteiger partial charge in [0.25, 0.3) is 11.5 Å². The van der Waals surface area contributed by atoms with E-state index < -0.39 is 23.6 Å². The molecule has 4 rings (SSSR count). The van der Waals surface area contributed by atoms with E-state index in [0.717, 1.165) is 18.9 Å². The second kappa shape index (κ2) is 10.6. The quantitative estimate of drug-likeness (QED) is 0.600. The zero-order chi connectivity index (χ0) is 25.1. The summed E-state index contributed by atoms with van der Waals surface area (Å²) in [4.78, 5) is 42.5. The molecule has 1 saturated heterocycles. The van der Waals surface area contributed by atoms with Crippen LogP contribution in [0.1, 0.15) is 40.9 Å². The Balaban J connectivity index is 1.66. The third kappa shape index (κ3) is 5.22. The number of benzene rings is 1. The van der Waals surface area contributed by atoms with Gasteiger partial charge in [-0.1, -0.05) is 0 Å². The van der Waals surface area contributed by atoms with Gasteiger partial charge in [0, 0.05) is 57.0 Å². The number of halogens is 2. The lowest BCUT2D eigenvalue weighted by Gasteiger charge is -2.34. The van der Waals surface area contributed by atoms with E-state index in [1.807, 2.05) is 4.90 Å². The molecule has 0 spiro atoms. The number of carbonyl (C=O) groups is 2. The molecule has 0 unspecified atom stereocenters. The third-order valence-electron chi connectivity index (χ3n) is 6.69. The van der Waals surface area contributed by atoms with Gasteiger partial charge < -0.3 is 18.9 Å². The number of likely N-dealkylation sites (tertiary alicyclic amines) is 1. The summed E-state index contributed by atoms with van der Waals surface area (Å²) in [6.07, 6.45) is 2.42. The van der Waals surface area contributed by atoms with Crippen LogP contribution in [0.25, 0.3) is 0 Å². The summed E-state index contributed by atoms with van der Waals surface area (Å²) >= 11 is 0. The topological polar surface area (TPSA) is 81.1 Å². The van der Waals surface area contributed by atoms with Crippen LogP contribution in [0.5, 0.6) is 5.75 Å². The van der Waals surface area contributed by atoms with Crippen LogP contribution in [-0.2, 0) is 29.0 Å². The monoisotopic (exact) mass is 489 g/mol. The van der Waals surface area contributed by atoms with Gasteiger partial charge in [0.05, 0.1) is 14.2 Å². The average Bonchev–Trinajstić information content (AvgIpc) is 3.05. The predicted molar refractivity (Wildman–Crippen MR) is 123 cm³/mol. The van der Waals surface area contributed by atoms with Crippen LogP contribution in [0.15, 0.2) is 29.1 Å². The molecule has 8 nitrogen and oxygen atoms in total. The molecule has 10 heteroatoms. The molecule has 35 heavy (non-hydrogen) atoms. The van der Waals surface area contributed by atoms with E-state index >= 15 is 0 Å². The molecule has 0 bridgehead atoms. The maximum absolute atomic E-state index is 13.8. The fourth-order valence-electron chi connectivity index (χ4n) is 5.00. The number of ether oxygens (including phenoxy) is 2. The van der Waals surface area contributed by atoms with E-state index in [1.165, 1.54) is 37.3 Å². The number of pyridine rings is 1. The number of fused-ring (bicyclic) bond motifs is 1. The van der Waals surface area contributed by atoms with Crippen molar-refractivity contribution in [2.24, 2.45) is 0 Å². The van der Waals surface area contributed by atoms with Crippen LogP contribution in [-0.4, -0.2) is 66.1 Å². The molecule has 0 saturated carbocycles. The number of hydrogen-bond acceptors (Lipinski definition) is 6. The number of carbonyl (C=O) groups excluding carboxylic acids is 2. The largest absolute Gasteiger partial charge is 0.496 e. The van der Waals surface area contributed by atoms with Gasteiger partial charge in [0.15, 0.2) is 0 Å². The Hall–Kier alpha value is -3.27. The van der Waals surface area contributed by atoms with Crippen LogP contribution in [0.2, 0.25) is 0 Å². The number of aromatic nitrogens is 1. The van der Waals surface area contributed by atoms with Gasteiger partial charge in [-0.3, -0.25) is 14.5 Å². The molecule has 0 N–H and O–H groups in total. The van der Waals surface area contributed by atoms with E-state index in [9.17, 15) is 23.2 Å². The SMILES string of the molecule is COC(=O)[C@@H]1CCCCN1C(=O)c1c(OC)cc(=O)n2c1CCN(Cc1cc(F)cc(F)c1)CC2. The van der Waals surface area contributed by atoms with Crippen LogP contribution in [0.3, 0.4) is 0 Å². The summed E-state index contributed by atoms with van der Waals surface area (Å²) in [6.45, 7) is 1.92. The fourth-order valence-corrected chi connectivity index (χ4v) is 5.00. The number of nitrogens with zero attached hydrogens (tertiary/aromatic N) is 3. The molecule has 0 radical (unpaired) electrons. The first-order valence-corrected chi connectivity index (χ1v) is 11.7. The summed E-state index contributed by atoms with van der Waals surface area (Å²) in [5, 5.41) is 0. The van der Waals surface area contributed by atoms with Crippen molar-refractivity contribution in [1.29, 1.82) is 0 Å². The van der Waals surface area contributed by atoms with Gasteiger partial charge in [0.2, 0.25) is 0 Å². The highest BCUT2D eigenvalue weighted by atomic mass is 19.1. The maximum Gasteiger partial charge on any atom is 0.328 e. The van der Waals surface area contributed by atoms with Crippen molar-refractivity contribution in [3.05, 3.63) is 63.1 Å². The molecule has 0 aliphatic carbocycles. The maximum atomic E-state index is 13.8. The number of amides is 1. The predicted octanol–water partition coefficient (Wildman–Crippen LogP) is 2.36. The fraction of sp³-hybridized carbons (Fsp3) is 0.480. The molecule has 1 fully saturated rings. The Bertz CT molecular complexity index is 1160. The number of hydrogen-bond donors (Lipinski definition) is 0. The van der Waals surface area contributed by atoms with Gasteiger partial charge in [0.1, 0.15) is 29.0 Å². The van der Waals surface area contributed by atoms with Crippen LogP contribution in [0, 0.1) is 11.6 Å². The average molecular weight is 490 g/mol. The van der Waals surface area contributed by atoms with Crippen molar-refractivity contribution in [1.82, 2.24) is 14.4 Å². The zero-order valence-corrected chi connectivity index (χ0v) is 19.9. The molecular weight excluding hydrogens is 460 g/mol. The number of methoxy groups -OCH3 is 2. The van der Waals surface area contributed by atoms with Gasteiger partial charge in [-0.05, 0) is 37.0 Å². The first-order chi connectivity index (χ1) is 16.8. The van der Waals surface area contributed by atoms with E-state index in [4.69, 9.17) is 9.47 Å². The molecule has 1 aromatic carbocycles.